The van der Waals surface area contributed by atoms with Crippen LogP contribution in [0.3, 0.4) is 0 Å². The average molecular weight is 679 g/mol. The number of alkyl halides is 3. The van der Waals surface area contributed by atoms with Gasteiger partial charge in [-0.25, -0.2) is 13.2 Å². The zero-order valence-electron chi connectivity index (χ0n) is 25.9. The highest BCUT2D eigenvalue weighted by atomic mass is 32.2. The summed E-state index contributed by atoms with van der Waals surface area (Å²) in [7, 11) is -4.04. The highest BCUT2D eigenvalue weighted by molar-refractivity contribution is 7.89. The van der Waals surface area contributed by atoms with Crippen LogP contribution in [0.15, 0.2) is 151 Å². The number of carboxylic acid groups (broad SMARTS) is 1. The summed E-state index contributed by atoms with van der Waals surface area (Å²) in [5.74, 6) is -1.02. The Bertz CT molecular complexity index is 2190. The van der Waals surface area contributed by atoms with Gasteiger partial charge < -0.3 is 5.11 Å². The van der Waals surface area contributed by atoms with Crippen LogP contribution >= 0.6 is 0 Å². The van der Waals surface area contributed by atoms with Crippen LogP contribution in [0, 0.1) is 0 Å². The largest absolute Gasteiger partial charge is 0.478 e. The number of sulfonamides is 1. The Balaban J connectivity index is 1.28. The van der Waals surface area contributed by atoms with Gasteiger partial charge >= 0.3 is 12.1 Å². The van der Waals surface area contributed by atoms with E-state index in [2.05, 4.69) is 4.98 Å². The second-order valence-electron chi connectivity index (χ2n) is 11.3. The molecule has 0 aliphatic rings. The molecular formula is C39H29F3N2O4S. The van der Waals surface area contributed by atoms with Gasteiger partial charge in [0.25, 0.3) is 0 Å². The fourth-order valence-corrected chi connectivity index (χ4v) is 7.02. The van der Waals surface area contributed by atoms with Crippen molar-refractivity contribution in [1.82, 2.24) is 9.29 Å². The van der Waals surface area contributed by atoms with Crippen LogP contribution in [0.4, 0.5) is 13.2 Å². The Morgan fingerprint density at radius 1 is 0.633 bits per heavy atom. The number of hydrogen-bond acceptors (Lipinski definition) is 4. The Kier molecular flexibility index (Phi) is 9.44. The van der Waals surface area contributed by atoms with Crippen molar-refractivity contribution in [3.8, 4) is 33.4 Å². The lowest BCUT2D eigenvalue weighted by Crippen LogP contribution is -2.30. The molecule has 1 heterocycles. The topological polar surface area (TPSA) is 87.6 Å². The average Bonchev–Trinajstić information content (AvgIpc) is 3.12. The van der Waals surface area contributed by atoms with Crippen LogP contribution < -0.4 is 0 Å². The van der Waals surface area contributed by atoms with Crippen molar-refractivity contribution < 1.29 is 31.5 Å². The molecule has 0 radical (unpaired) electrons. The van der Waals surface area contributed by atoms with Gasteiger partial charge in [0.1, 0.15) is 0 Å². The molecule has 0 bridgehead atoms. The number of aromatic carboxylic acids is 1. The third-order valence-electron chi connectivity index (χ3n) is 8.12. The van der Waals surface area contributed by atoms with Gasteiger partial charge in [0.05, 0.1) is 16.0 Å². The lowest BCUT2D eigenvalue weighted by molar-refractivity contribution is -0.137. The van der Waals surface area contributed by atoms with E-state index < -0.39 is 27.7 Å². The van der Waals surface area contributed by atoms with Crippen LogP contribution in [0.25, 0.3) is 33.4 Å². The van der Waals surface area contributed by atoms with Gasteiger partial charge in [-0.05, 0) is 80.9 Å². The summed E-state index contributed by atoms with van der Waals surface area (Å²) in [5.41, 5.74) is 4.96. The van der Waals surface area contributed by atoms with Gasteiger partial charge in [-0.1, -0.05) is 97.1 Å². The van der Waals surface area contributed by atoms with Crippen molar-refractivity contribution >= 4 is 16.0 Å². The smallest absolute Gasteiger partial charge is 0.416 e. The van der Waals surface area contributed by atoms with Crippen molar-refractivity contribution in [3.63, 3.8) is 0 Å². The molecule has 0 aliphatic carbocycles. The van der Waals surface area contributed by atoms with E-state index in [-0.39, 0.29) is 23.5 Å². The predicted molar refractivity (Wildman–Crippen MR) is 182 cm³/mol. The van der Waals surface area contributed by atoms with Gasteiger partial charge in [0.2, 0.25) is 10.0 Å². The summed E-state index contributed by atoms with van der Waals surface area (Å²) in [5, 5.41) is 9.77. The molecule has 49 heavy (non-hydrogen) atoms. The molecule has 0 saturated heterocycles. The van der Waals surface area contributed by atoms with Crippen molar-refractivity contribution in [3.05, 3.63) is 168 Å². The predicted octanol–water partition coefficient (Wildman–Crippen LogP) is 9.19. The number of carboxylic acids is 1. The number of carbonyl (C=O) groups is 1. The molecule has 246 valence electrons. The molecule has 0 aliphatic heterocycles. The van der Waals surface area contributed by atoms with Crippen LogP contribution in [-0.4, -0.2) is 28.8 Å². The number of hydrogen-bond donors (Lipinski definition) is 1. The SMILES string of the molecule is O=C(O)c1ccccc1-c1ccccc1-c1ccc(CN(Cc2cccnc2)S(=O)(=O)c2ccc(-c3ccc(C(F)(F)F)cc3)cc2)cc1. The van der Waals surface area contributed by atoms with E-state index in [4.69, 9.17) is 0 Å². The zero-order valence-corrected chi connectivity index (χ0v) is 26.7. The lowest BCUT2D eigenvalue weighted by Gasteiger charge is -2.23. The minimum Gasteiger partial charge on any atom is -0.478 e. The van der Waals surface area contributed by atoms with E-state index >= 15 is 0 Å². The third kappa shape index (κ3) is 7.45. The summed E-state index contributed by atoms with van der Waals surface area (Å²) in [6.07, 6.45) is -1.24. The zero-order chi connectivity index (χ0) is 34.6. The van der Waals surface area contributed by atoms with E-state index in [9.17, 15) is 31.5 Å². The number of rotatable bonds is 10. The van der Waals surface area contributed by atoms with Crippen LogP contribution in [0.2, 0.25) is 0 Å². The molecule has 10 heteroatoms. The summed E-state index contributed by atoms with van der Waals surface area (Å²) in [6, 6.07) is 36.0. The molecule has 0 fully saturated rings. The fourth-order valence-electron chi connectivity index (χ4n) is 5.61. The molecule has 0 amide bonds. The lowest BCUT2D eigenvalue weighted by atomic mass is 9.91. The Labute approximate surface area is 281 Å². The number of halogens is 3. The quantitative estimate of drug-likeness (QED) is 0.156. The maximum Gasteiger partial charge on any atom is 0.416 e. The number of nitrogens with zero attached hydrogens (tertiary/aromatic N) is 2. The van der Waals surface area contributed by atoms with E-state index in [1.165, 1.54) is 28.6 Å². The van der Waals surface area contributed by atoms with Crippen LogP contribution in [0.1, 0.15) is 27.0 Å². The van der Waals surface area contributed by atoms with Crippen molar-refractivity contribution in [2.75, 3.05) is 0 Å². The molecule has 0 saturated carbocycles. The monoisotopic (exact) mass is 678 g/mol. The van der Waals surface area contributed by atoms with Crippen molar-refractivity contribution in [2.45, 2.75) is 24.2 Å². The minimum atomic E-state index is -4.45. The van der Waals surface area contributed by atoms with Gasteiger partial charge in [-0.3, -0.25) is 4.98 Å². The molecular weight excluding hydrogens is 650 g/mol. The first-order valence-electron chi connectivity index (χ1n) is 15.2. The first kappa shape index (κ1) is 33.3. The van der Waals surface area contributed by atoms with E-state index in [0.29, 0.717) is 22.3 Å². The van der Waals surface area contributed by atoms with E-state index in [0.717, 1.165) is 34.4 Å². The second-order valence-corrected chi connectivity index (χ2v) is 13.3. The molecule has 0 unspecified atom stereocenters. The maximum absolute atomic E-state index is 14.1. The maximum atomic E-state index is 14.1. The van der Waals surface area contributed by atoms with Crippen molar-refractivity contribution in [2.24, 2.45) is 0 Å². The summed E-state index contributed by atoms with van der Waals surface area (Å²) >= 11 is 0. The summed E-state index contributed by atoms with van der Waals surface area (Å²) in [4.78, 5) is 16.1. The third-order valence-corrected chi connectivity index (χ3v) is 9.92. The Morgan fingerprint density at radius 2 is 1.18 bits per heavy atom. The number of pyridine rings is 1. The highest BCUT2D eigenvalue weighted by Gasteiger charge is 2.30. The summed E-state index contributed by atoms with van der Waals surface area (Å²) < 4.78 is 68.5. The molecule has 0 spiro atoms. The molecule has 6 nitrogen and oxygen atoms in total. The molecule has 0 atom stereocenters. The Hall–Kier alpha value is -5.58. The number of aromatic nitrogens is 1. The van der Waals surface area contributed by atoms with Crippen LogP contribution in [0.5, 0.6) is 0 Å². The van der Waals surface area contributed by atoms with E-state index in [1.807, 2.05) is 48.5 Å². The fraction of sp³-hybridized carbons (Fsp3) is 0.0769. The first-order chi connectivity index (χ1) is 23.5. The second kappa shape index (κ2) is 13.9. The first-order valence-corrected chi connectivity index (χ1v) is 16.6. The molecule has 1 aromatic heterocycles. The molecule has 6 aromatic rings. The van der Waals surface area contributed by atoms with E-state index in [1.54, 1.807) is 60.9 Å². The van der Waals surface area contributed by atoms with Gasteiger partial charge in [0.15, 0.2) is 0 Å². The van der Waals surface area contributed by atoms with Gasteiger partial charge in [-0.15, -0.1) is 0 Å². The minimum absolute atomic E-state index is 0.0368. The van der Waals surface area contributed by atoms with Crippen molar-refractivity contribution in [1.29, 1.82) is 0 Å². The highest BCUT2D eigenvalue weighted by Crippen LogP contribution is 2.35. The molecule has 1 N–H and O–H groups in total. The number of benzene rings is 5. The van der Waals surface area contributed by atoms with Crippen LogP contribution in [-0.2, 0) is 29.3 Å². The molecule has 6 rings (SSSR count). The summed E-state index contributed by atoms with van der Waals surface area (Å²) in [6.45, 7) is 0.0923. The Morgan fingerprint density at radius 3 is 1.78 bits per heavy atom. The molecule has 5 aromatic carbocycles. The van der Waals surface area contributed by atoms with Gasteiger partial charge in [-0.2, -0.15) is 17.5 Å². The normalized spacial score (nSPS) is 11.8. The van der Waals surface area contributed by atoms with Gasteiger partial charge in [0, 0.05) is 25.5 Å². The standard InChI is InChI=1S/C39H29F3N2O4S/c40-39(41,42)32-19-15-29(16-20-32)30-17-21-33(22-18-30)49(47,48)44(26-28-6-5-23-43-24-28)25-27-11-13-31(14-12-27)34-7-1-2-8-35(34)36-9-3-4-10-37(36)38(45)46/h1-24H,25-26H2,(H,45,46).